The third kappa shape index (κ3) is 3.67. The smallest absolute Gasteiger partial charge is 0.261 e. The summed E-state index contributed by atoms with van der Waals surface area (Å²) in [5, 5.41) is 0. The predicted octanol–water partition coefficient (Wildman–Crippen LogP) is 2.33. The Morgan fingerprint density at radius 3 is 2.60 bits per heavy atom. The van der Waals surface area contributed by atoms with Gasteiger partial charge in [-0.25, -0.2) is 8.42 Å². The molecule has 6 nitrogen and oxygen atoms in total. The minimum atomic E-state index is -3.67. The molecule has 25 heavy (non-hydrogen) atoms. The van der Waals surface area contributed by atoms with Crippen LogP contribution in [0.3, 0.4) is 0 Å². The van der Waals surface area contributed by atoms with Gasteiger partial charge in [0.15, 0.2) is 0 Å². The Morgan fingerprint density at radius 2 is 1.92 bits per heavy atom. The average molecular weight is 360 g/mol. The molecule has 0 aromatic heterocycles. The Labute approximate surface area is 147 Å². The zero-order valence-electron chi connectivity index (χ0n) is 14.2. The second kappa shape index (κ2) is 6.85. The van der Waals surface area contributed by atoms with Crippen LogP contribution in [0.1, 0.15) is 11.1 Å². The van der Waals surface area contributed by atoms with E-state index in [-0.39, 0.29) is 17.4 Å². The molecule has 0 aliphatic carbocycles. The number of fused-ring (bicyclic) bond motifs is 1. The third-order valence-corrected chi connectivity index (χ3v) is 5.53. The van der Waals surface area contributed by atoms with Crippen molar-refractivity contribution in [3.05, 3.63) is 53.6 Å². The summed E-state index contributed by atoms with van der Waals surface area (Å²) in [5.74, 6) is -0.139. The number of hydrogen-bond donors (Lipinski definition) is 1. The number of hydrogen-bond acceptors (Lipinski definition) is 4. The zero-order chi connectivity index (χ0) is 18.0. The number of anilines is 2. The molecular weight excluding hydrogens is 340 g/mol. The van der Waals surface area contributed by atoms with Crippen LogP contribution in [0.4, 0.5) is 11.4 Å². The lowest BCUT2D eigenvalue weighted by atomic mass is 10.1. The highest BCUT2D eigenvalue weighted by molar-refractivity contribution is 7.92. The van der Waals surface area contributed by atoms with Gasteiger partial charge in [0.25, 0.3) is 15.9 Å². The summed E-state index contributed by atoms with van der Waals surface area (Å²) < 4.78 is 32.5. The first-order chi connectivity index (χ1) is 11.9. The summed E-state index contributed by atoms with van der Waals surface area (Å²) >= 11 is 0. The van der Waals surface area contributed by atoms with Gasteiger partial charge in [-0.15, -0.1) is 0 Å². The molecule has 0 atom stereocenters. The number of carbonyl (C=O) groups is 1. The second-order valence-electron chi connectivity index (χ2n) is 5.99. The summed E-state index contributed by atoms with van der Waals surface area (Å²) in [6.45, 7) is 2.47. The molecule has 1 aliphatic heterocycles. The molecule has 1 N–H and O–H groups in total. The average Bonchev–Trinajstić information content (AvgIpc) is 2.98. The van der Waals surface area contributed by atoms with E-state index in [0.29, 0.717) is 12.2 Å². The van der Waals surface area contributed by atoms with Gasteiger partial charge in [-0.3, -0.25) is 9.52 Å². The predicted molar refractivity (Wildman–Crippen MR) is 96.4 cm³/mol. The van der Waals surface area contributed by atoms with Gasteiger partial charge in [0.1, 0.15) is 6.61 Å². The molecule has 0 radical (unpaired) electrons. The Hall–Kier alpha value is -2.38. The lowest BCUT2D eigenvalue weighted by molar-refractivity contribution is -0.122. The van der Waals surface area contributed by atoms with Crippen molar-refractivity contribution in [3.8, 4) is 0 Å². The molecule has 0 saturated carbocycles. The highest BCUT2D eigenvalue weighted by Gasteiger charge is 2.25. The van der Waals surface area contributed by atoms with E-state index in [0.717, 1.165) is 23.2 Å². The van der Waals surface area contributed by atoms with Crippen LogP contribution in [0.15, 0.2) is 47.4 Å². The van der Waals surface area contributed by atoms with Crippen molar-refractivity contribution in [1.29, 1.82) is 0 Å². The maximum absolute atomic E-state index is 12.5. The summed E-state index contributed by atoms with van der Waals surface area (Å²) in [6.07, 6.45) is 0.746. The third-order valence-electron chi connectivity index (χ3n) is 4.13. The van der Waals surface area contributed by atoms with Gasteiger partial charge in [0.2, 0.25) is 0 Å². The molecule has 1 amide bonds. The van der Waals surface area contributed by atoms with E-state index < -0.39 is 10.0 Å². The first kappa shape index (κ1) is 17.4. The van der Waals surface area contributed by atoms with Crippen molar-refractivity contribution in [2.45, 2.75) is 18.2 Å². The van der Waals surface area contributed by atoms with Gasteiger partial charge >= 0.3 is 0 Å². The van der Waals surface area contributed by atoms with Crippen molar-refractivity contribution in [1.82, 2.24) is 0 Å². The number of ether oxygens (including phenoxy) is 1. The fourth-order valence-electron chi connectivity index (χ4n) is 2.83. The number of nitrogens with zero attached hydrogens (tertiary/aromatic N) is 1. The van der Waals surface area contributed by atoms with Crippen LogP contribution in [0, 0.1) is 6.92 Å². The van der Waals surface area contributed by atoms with Crippen molar-refractivity contribution in [2.24, 2.45) is 0 Å². The number of rotatable bonds is 5. The molecule has 2 aromatic rings. The van der Waals surface area contributed by atoms with Crippen molar-refractivity contribution < 1.29 is 17.9 Å². The molecule has 132 valence electrons. The molecular formula is C18H20N2O4S. The van der Waals surface area contributed by atoms with E-state index in [1.165, 1.54) is 7.11 Å². The van der Waals surface area contributed by atoms with E-state index in [9.17, 15) is 13.2 Å². The molecule has 7 heteroatoms. The summed E-state index contributed by atoms with van der Waals surface area (Å²) in [7, 11) is -2.20. The number of benzene rings is 2. The number of amides is 1. The van der Waals surface area contributed by atoms with Gasteiger partial charge in [-0.05, 0) is 43.2 Å². The number of sulfonamides is 1. The molecule has 0 saturated heterocycles. The lowest BCUT2D eigenvalue weighted by Crippen LogP contribution is -2.32. The minimum Gasteiger partial charge on any atom is -0.375 e. The van der Waals surface area contributed by atoms with Gasteiger partial charge in [-0.1, -0.05) is 23.8 Å². The molecule has 0 fully saturated rings. The number of nitrogens with one attached hydrogen (secondary N) is 1. The quantitative estimate of drug-likeness (QED) is 0.888. The standard InChI is InChI=1S/C18H20N2O4S/c1-13-3-7-16(8-4-13)25(22,23)19-15-6-5-14-9-10-20(17(14)11-15)18(21)12-24-2/h3-8,11,19H,9-10,12H2,1-2H3. The van der Waals surface area contributed by atoms with Crippen LogP contribution >= 0.6 is 0 Å². The van der Waals surface area contributed by atoms with Crippen LogP contribution in [0.25, 0.3) is 0 Å². The first-order valence-corrected chi connectivity index (χ1v) is 9.41. The normalized spacial score (nSPS) is 13.6. The van der Waals surface area contributed by atoms with Crippen LogP contribution in [-0.4, -0.2) is 34.6 Å². The lowest BCUT2D eigenvalue weighted by Gasteiger charge is -2.18. The number of carbonyl (C=O) groups excluding carboxylic acids is 1. The molecule has 2 aromatic carbocycles. The highest BCUT2D eigenvalue weighted by Crippen LogP contribution is 2.31. The van der Waals surface area contributed by atoms with E-state index in [2.05, 4.69) is 4.72 Å². The summed E-state index contributed by atoms with van der Waals surface area (Å²) in [6, 6.07) is 11.9. The Morgan fingerprint density at radius 1 is 1.20 bits per heavy atom. The largest absolute Gasteiger partial charge is 0.375 e. The fraction of sp³-hybridized carbons (Fsp3) is 0.278. The van der Waals surface area contributed by atoms with Gasteiger partial charge in [0.05, 0.1) is 10.6 Å². The Balaban J connectivity index is 1.86. The molecule has 1 heterocycles. The molecule has 0 bridgehead atoms. The highest BCUT2D eigenvalue weighted by atomic mass is 32.2. The number of methoxy groups -OCH3 is 1. The maximum Gasteiger partial charge on any atom is 0.261 e. The van der Waals surface area contributed by atoms with E-state index in [1.807, 2.05) is 13.0 Å². The van der Waals surface area contributed by atoms with Crippen molar-refractivity contribution in [3.63, 3.8) is 0 Å². The van der Waals surface area contributed by atoms with Crippen LogP contribution < -0.4 is 9.62 Å². The van der Waals surface area contributed by atoms with Crippen LogP contribution in [-0.2, 0) is 26.0 Å². The van der Waals surface area contributed by atoms with Crippen LogP contribution in [0.5, 0.6) is 0 Å². The monoisotopic (exact) mass is 360 g/mol. The first-order valence-electron chi connectivity index (χ1n) is 7.92. The van der Waals surface area contributed by atoms with Gasteiger partial charge in [0, 0.05) is 19.3 Å². The maximum atomic E-state index is 12.5. The van der Waals surface area contributed by atoms with E-state index in [1.54, 1.807) is 41.3 Å². The van der Waals surface area contributed by atoms with E-state index >= 15 is 0 Å². The van der Waals surface area contributed by atoms with Crippen molar-refractivity contribution in [2.75, 3.05) is 29.9 Å². The van der Waals surface area contributed by atoms with E-state index in [4.69, 9.17) is 4.74 Å². The van der Waals surface area contributed by atoms with Gasteiger partial charge < -0.3 is 9.64 Å². The second-order valence-corrected chi connectivity index (χ2v) is 7.67. The molecule has 0 spiro atoms. The summed E-state index contributed by atoms with van der Waals surface area (Å²) in [5.41, 5.74) is 3.16. The Kier molecular flexibility index (Phi) is 4.78. The summed E-state index contributed by atoms with van der Waals surface area (Å²) in [4.78, 5) is 13.9. The van der Waals surface area contributed by atoms with Crippen LogP contribution in [0.2, 0.25) is 0 Å². The molecule has 3 rings (SSSR count). The minimum absolute atomic E-state index is 0.00123. The fourth-order valence-corrected chi connectivity index (χ4v) is 3.88. The SMILES string of the molecule is COCC(=O)N1CCc2ccc(NS(=O)(=O)c3ccc(C)cc3)cc21. The molecule has 0 unspecified atom stereocenters. The topological polar surface area (TPSA) is 75.7 Å². The Bertz CT molecular complexity index is 892. The van der Waals surface area contributed by atoms with Crippen molar-refractivity contribution >= 4 is 27.3 Å². The van der Waals surface area contributed by atoms with Gasteiger partial charge in [-0.2, -0.15) is 0 Å². The molecule has 1 aliphatic rings. The number of aryl methyl sites for hydroxylation is 1. The zero-order valence-corrected chi connectivity index (χ0v) is 15.0.